The normalized spacial score (nSPS) is 11.4. The van der Waals surface area contributed by atoms with Gasteiger partial charge in [0.1, 0.15) is 0 Å². The summed E-state index contributed by atoms with van der Waals surface area (Å²) in [4.78, 5) is 13.7. The molecule has 0 aliphatic rings. The molecule has 2 aromatic rings. The molecular formula is C14H19N3O3S. The van der Waals surface area contributed by atoms with E-state index < -0.39 is 5.97 Å². The van der Waals surface area contributed by atoms with Gasteiger partial charge in [0.15, 0.2) is 0 Å². The van der Waals surface area contributed by atoms with Crippen LogP contribution >= 0.6 is 11.3 Å². The quantitative estimate of drug-likeness (QED) is 0.807. The number of aromatic nitrogens is 2. The molecule has 21 heavy (non-hydrogen) atoms. The van der Waals surface area contributed by atoms with Crippen LogP contribution in [0.4, 0.5) is 0 Å². The fraction of sp³-hybridized carbons (Fsp3) is 0.500. The third-order valence-electron chi connectivity index (χ3n) is 3.10. The number of carbonyl (C=O) groups is 1. The molecule has 1 N–H and O–H groups in total. The first-order valence-corrected chi connectivity index (χ1v) is 7.76. The number of hydrogen-bond donors (Lipinski definition) is 1. The molecule has 0 saturated carbocycles. The number of carboxylic acids is 1. The summed E-state index contributed by atoms with van der Waals surface area (Å²) in [6.07, 6.45) is 0.785. The van der Waals surface area contributed by atoms with Gasteiger partial charge in [0.25, 0.3) is 5.89 Å². The second-order valence-electron chi connectivity index (χ2n) is 5.04. The van der Waals surface area contributed by atoms with Crippen molar-refractivity contribution in [3.63, 3.8) is 0 Å². The molecule has 0 amide bonds. The molecular weight excluding hydrogens is 290 g/mol. The fourth-order valence-corrected chi connectivity index (χ4v) is 2.59. The molecule has 0 unspecified atom stereocenters. The SMILES string of the molecule is CC(C)N(CCCC(=O)O)Cc1nnc(-c2cccs2)o1. The van der Waals surface area contributed by atoms with Crippen LogP contribution in [0.1, 0.15) is 32.6 Å². The van der Waals surface area contributed by atoms with Crippen molar-refractivity contribution in [2.24, 2.45) is 0 Å². The number of carboxylic acid groups (broad SMARTS) is 1. The van der Waals surface area contributed by atoms with Gasteiger partial charge in [0.2, 0.25) is 5.89 Å². The number of hydrogen-bond acceptors (Lipinski definition) is 6. The molecule has 0 aliphatic carbocycles. The van der Waals surface area contributed by atoms with Crippen LogP contribution in [-0.2, 0) is 11.3 Å². The number of thiophene rings is 1. The zero-order valence-corrected chi connectivity index (χ0v) is 13.0. The van der Waals surface area contributed by atoms with Crippen molar-refractivity contribution in [2.45, 2.75) is 39.3 Å². The van der Waals surface area contributed by atoms with Crippen LogP contribution in [0, 0.1) is 0 Å². The lowest BCUT2D eigenvalue weighted by Gasteiger charge is -2.24. The number of aliphatic carboxylic acids is 1. The third-order valence-corrected chi connectivity index (χ3v) is 3.96. The molecule has 0 aromatic carbocycles. The van der Waals surface area contributed by atoms with E-state index in [-0.39, 0.29) is 12.5 Å². The van der Waals surface area contributed by atoms with Gasteiger partial charge in [-0.2, -0.15) is 0 Å². The summed E-state index contributed by atoms with van der Waals surface area (Å²) in [5.74, 6) is 0.327. The van der Waals surface area contributed by atoms with E-state index in [4.69, 9.17) is 9.52 Å². The summed E-state index contributed by atoms with van der Waals surface area (Å²) >= 11 is 1.56. The molecule has 0 fully saturated rings. The smallest absolute Gasteiger partial charge is 0.303 e. The largest absolute Gasteiger partial charge is 0.481 e. The molecule has 6 nitrogen and oxygen atoms in total. The van der Waals surface area contributed by atoms with Crippen LogP contribution in [0.2, 0.25) is 0 Å². The molecule has 2 heterocycles. The van der Waals surface area contributed by atoms with Gasteiger partial charge in [0, 0.05) is 12.5 Å². The molecule has 0 bridgehead atoms. The highest BCUT2D eigenvalue weighted by Crippen LogP contribution is 2.23. The average molecular weight is 309 g/mol. The molecule has 0 atom stereocenters. The van der Waals surface area contributed by atoms with Crippen molar-refractivity contribution in [3.05, 3.63) is 23.4 Å². The van der Waals surface area contributed by atoms with Gasteiger partial charge in [-0.1, -0.05) is 6.07 Å². The molecule has 2 aromatic heterocycles. The van der Waals surface area contributed by atoms with E-state index in [1.165, 1.54) is 0 Å². The lowest BCUT2D eigenvalue weighted by atomic mass is 10.2. The van der Waals surface area contributed by atoms with Crippen molar-refractivity contribution < 1.29 is 14.3 Å². The molecule has 114 valence electrons. The molecule has 0 radical (unpaired) electrons. The molecule has 0 spiro atoms. The Balaban J connectivity index is 1.95. The van der Waals surface area contributed by atoms with E-state index in [1.807, 2.05) is 17.5 Å². The highest BCUT2D eigenvalue weighted by atomic mass is 32.1. The zero-order valence-electron chi connectivity index (χ0n) is 12.2. The molecule has 0 saturated heterocycles. The first-order chi connectivity index (χ1) is 10.1. The predicted molar refractivity (Wildman–Crippen MR) is 80.0 cm³/mol. The Kier molecular flexibility index (Phi) is 5.46. The van der Waals surface area contributed by atoms with Gasteiger partial charge in [0.05, 0.1) is 11.4 Å². The van der Waals surface area contributed by atoms with E-state index in [0.717, 1.165) is 4.88 Å². The Bertz CT molecular complexity index is 566. The van der Waals surface area contributed by atoms with Gasteiger partial charge in [-0.3, -0.25) is 9.69 Å². The number of nitrogens with zero attached hydrogens (tertiary/aromatic N) is 3. The highest BCUT2D eigenvalue weighted by molar-refractivity contribution is 7.13. The molecule has 2 rings (SSSR count). The van der Waals surface area contributed by atoms with Gasteiger partial charge >= 0.3 is 5.97 Å². The summed E-state index contributed by atoms with van der Waals surface area (Å²) in [5, 5.41) is 18.8. The lowest BCUT2D eigenvalue weighted by Crippen LogP contribution is -2.31. The van der Waals surface area contributed by atoms with Crippen molar-refractivity contribution in [2.75, 3.05) is 6.54 Å². The van der Waals surface area contributed by atoms with E-state index in [9.17, 15) is 4.79 Å². The second-order valence-corrected chi connectivity index (χ2v) is 5.99. The monoisotopic (exact) mass is 309 g/mol. The summed E-state index contributed by atoms with van der Waals surface area (Å²) in [6, 6.07) is 4.17. The van der Waals surface area contributed by atoms with Crippen molar-refractivity contribution >= 4 is 17.3 Å². The minimum atomic E-state index is -0.767. The first kappa shape index (κ1) is 15.7. The van der Waals surface area contributed by atoms with Gasteiger partial charge < -0.3 is 9.52 Å². The number of rotatable bonds is 8. The van der Waals surface area contributed by atoms with E-state index >= 15 is 0 Å². The summed E-state index contributed by atoms with van der Waals surface area (Å²) < 4.78 is 5.67. The van der Waals surface area contributed by atoms with E-state index in [0.29, 0.717) is 31.3 Å². The van der Waals surface area contributed by atoms with Crippen LogP contribution in [0.3, 0.4) is 0 Å². The standard InChI is InChI=1S/C14H19N3O3S/c1-10(2)17(7-3-6-13(18)19)9-12-15-16-14(20-12)11-5-4-8-21-11/h4-5,8,10H,3,6-7,9H2,1-2H3,(H,18,19). The van der Waals surface area contributed by atoms with Gasteiger partial charge in [-0.05, 0) is 38.3 Å². The average Bonchev–Trinajstić information content (AvgIpc) is 3.07. The van der Waals surface area contributed by atoms with Crippen molar-refractivity contribution in [1.29, 1.82) is 0 Å². The third kappa shape index (κ3) is 4.64. The van der Waals surface area contributed by atoms with Crippen molar-refractivity contribution in [1.82, 2.24) is 15.1 Å². The van der Waals surface area contributed by atoms with E-state index in [2.05, 4.69) is 28.9 Å². The minimum Gasteiger partial charge on any atom is -0.481 e. The summed E-state index contributed by atoms with van der Waals surface area (Å²) in [7, 11) is 0. The summed E-state index contributed by atoms with van der Waals surface area (Å²) in [5.41, 5.74) is 0. The van der Waals surface area contributed by atoms with Gasteiger partial charge in [-0.15, -0.1) is 21.5 Å². The topological polar surface area (TPSA) is 79.5 Å². The highest BCUT2D eigenvalue weighted by Gasteiger charge is 2.16. The first-order valence-electron chi connectivity index (χ1n) is 6.88. The van der Waals surface area contributed by atoms with Crippen LogP contribution in [0.15, 0.2) is 21.9 Å². The maximum atomic E-state index is 10.6. The van der Waals surface area contributed by atoms with Crippen LogP contribution in [-0.4, -0.2) is 38.8 Å². The fourth-order valence-electron chi connectivity index (χ4n) is 1.94. The van der Waals surface area contributed by atoms with Gasteiger partial charge in [-0.25, -0.2) is 0 Å². The van der Waals surface area contributed by atoms with E-state index in [1.54, 1.807) is 11.3 Å². The van der Waals surface area contributed by atoms with Crippen LogP contribution in [0.5, 0.6) is 0 Å². The zero-order chi connectivity index (χ0) is 15.2. The molecule has 7 heteroatoms. The Morgan fingerprint density at radius 1 is 1.48 bits per heavy atom. The maximum absolute atomic E-state index is 10.6. The molecule has 0 aliphatic heterocycles. The maximum Gasteiger partial charge on any atom is 0.303 e. The predicted octanol–water partition coefficient (Wildman–Crippen LogP) is 2.87. The minimum absolute atomic E-state index is 0.174. The second kappa shape index (κ2) is 7.33. The van der Waals surface area contributed by atoms with Crippen molar-refractivity contribution in [3.8, 4) is 10.8 Å². The van der Waals surface area contributed by atoms with Crippen LogP contribution < -0.4 is 0 Å². The lowest BCUT2D eigenvalue weighted by molar-refractivity contribution is -0.137. The Hall–Kier alpha value is -1.73. The van der Waals surface area contributed by atoms with Crippen LogP contribution in [0.25, 0.3) is 10.8 Å². The Morgan fingerprint density at radius 3 is 2.90 bits per heavy atom. The summed E-state index contributed by atoms with van der Waals surface area (Å²) in [6.45, 7) is 5.37. The Labute approximate surface area is 127 Å². The Morgan fingerprint density at radius 2 is 2.29 bits per heavy atom.